The number of benzene rings is 4. The van der Waals surface area contributed by atoms with Crippen molar-refractivity contribution in [2.75, 3.05) is 18.4 Å². The zero-order chi connectivity index (χ0) is 24.9. The lowest BCUT2D eigenvalue weighted by Crippen LogP contribution is -2.37. The lowest BCUT2D eigenvalue weighted by molar-refractivity contribution is 0.0968. The van der Waals surface area contributed by atoms with E-state index in [-0.39, 0.29) is 42.7 Å². The minimum Gasteiger partial charge on any atom is -0.490 e. The molecule has 1 saturated heterocycles. The minimum absolute atomic E-state index is 0. The lowest BCUT2D eigenvalue weighted by atomic mass is 10.0. The van der Waals surface area contributed by atoms with Crippen LogP contribution in [0.4, 0.5) is 5.69 Å². The summed E-state index contributed by atoms with van der Waals surface area (Å²) < 4.78 is 6.22. The van der Waals surface area contributed by atoms with Crippen LogP contribution in [0.15, 0.2) is 91.0 Å². The molecule has 1 heterocycles. The summed E-state index contributed by atoms with van der Waals surface area (Å²) in [6, 6.07) is 29.2. The Hall–Kier alpha value is -3.58. The molecule has 0 atom stereocenters. The van der Waals surface area contributed by atoms with Crippen molar-refractivity contribution < 1.29 is 9.53 Å². The Bertz CT molecular complexity index is 1370. The van der Waals surface area contributed by atoms with Crippen LogP contribution in [0.1, 0.15) is 34.3 Å². The van der Waals surface area contributed by atoms with Crippen molar-refractivity contribution in [1.82, 2.24) is 4.90 Å². The quantitative estimate of drug-likeness (QED) is 0.187. The van der Waals surface area contributed by atoms with Crippen molar-refractivity contribution in [3.05, 3.63) is 108 Å². The summed E-state index contributed by atoms with van der Waals surface area (Å²) in [6.45, 7) is 2.84. The monoisotopic (exact) mass is 550 g/mol. The van der Waals surface area contributed by atoms with Crippen LogP contribution in [0, 0.1) is 5.41 Å². The molecule has 1 fully saturated rings. The molecule has 1 aliphatic rings. The summed E-state index contributed by atoms with van der Waals surface area (Å²) in [5.74, 6) is 0.792. The molecule has 0 aliphatic carbocycles. The van der Waals surface area contributed by atoms with E-state index in [1.807, 2.05) is 60.7 Å². The largest absolute Gasteiger partial charge is 0.490 e. The van der Waals surface area contributed by atoms with Gasteiger partial charge in [0.2, 0.25) is 0 Å². The van der Waals surface area contributed by atoms with Crippen molar-refractivity contribution >= 4 is 53.0 Å². The number of ether oxygens (including phenoxy) is 1. The first-order valence-corrected chi connectivity index (χ1v) is 12.3. The molecular formula is C30H32Cl2N4O2. The number of hydrogen-bond acceptors (Lipinski definition) is 4. The Morgan fingerprint density at radius 1 is 0.868 bits per heavy atom. The minimum atomic E-state index is -0.123. The van der Waals surface area contributed by atoms with Gasteiger partial charge in [0.1, 0.15) is 17.7 Å². The number of nitrogens with two attached hydrogens (primary N) is 1. The number of amidine groups is 1. The van der Waals surface area contributed by atoms with Crippen LogP contribution in [0.25, 0.3) is 10.8 Å². The molecule has 0 unspecified atom stereocenters. The standard InChI is InChI=1S/C30H30N4O2.2ClH/c31-29(32)24-9-8-22-7-6-21(18-25(22)19-24)20-34-16-14-28(15-17-34)36-27-12-10-26(11-13-27)33-30(35)23-4-2-1-3-5-23;;/h1-13,18-19,28H,14-17,20H2,(H3,31,32)(H,33,35);2*1H. The molecule has 1 aliphatic heterocycles. The van der Waals surface area contributed by atoms with E-state index in [0.717, 1.165) is 60.2 Å². The average Bonchev–Trinajstić information content (AvgIpc) is 2.91. The highest BCUT2D eigenvalue weighted by Crippen LogP contribution is 2.24. The second-order valence-electron chi connectivity index (χ2n) is 9.25. The number of hydrogen-bond donors (Lipinski definition) is 3. The molecule has 5 rings (SSSR count). The highest BCUT2D eigenvalue weighted by molar-refractivity contribution is 6.04. The van der Waals surface area contributed by atoms with Crippen LogP contribution in [0.3, 0.4) is 0 Å². The molecule has 6 nitrogen and oxygen atoms in total. The third-order valence-corrected chi connectivity index (χ3v) is 6.61. The van der Waals surface area contributed by atoms with E-state index in [0.29, 0.717) is 5.56 Å². The molecule has 198 valence electrons. The fourth-order valence-corrected chi connectivity index (χ4v) is 4.61. The van der Waals surface area contributed by atoms with E-state index in [1.54, 1.807) is 12.1 Å². The maximum atomic E-state index is 12.3. The van der Waals surface area contributed by atoms with Crippen LogP contribution in [0.2, 0.25) is 0 Å². The summed E-state index contributed by atoms with van der Waals surface area (Å²) >= 11 is 0. The van der Waals surface area contributed by atoms with E-state index in [2.05, 4.69) is 28.4 Å². The van der Waals surface area contributed by atoms with Gasteiger partial charge in [-0.1, -0.05) is 42.5 Å². The summed E-state index contributed by atoms with van der Waals surface area (Å²) in [5, 5.41) is 12.9. The Morgan fingerprint density at radius 2 is 1.55 bits per heavy atom. The first-order chi connectivity index (χ1) is 17.5. The van der Waals surface area contributed by atoms with Gasteiger partial charge in [-0.05, 0) is 77.7 Å². The topological polar surface area (TPSA) is 91.4 Å². The highest BCUT2D eigenvalue weighted by atomic mass is 35.5. The Kier molecular flexibility index (Phi) is 10.1. The van der Waals surface area contributed by atoms with Crippen LogP contribution in [-0.2, 0) is 6.54 Å². The third kappa shape index (κ3) is 7.25. The molecule has 1 amide bonds. The van der Waals surface area contributed by atoms with Crippen LogP contribution in [0.5, 0.6) is 5.75 Å². The van der Waals surface area contributed by atoms with Crippen molar-refractivity contribution in [3.8, 4) is 5.75 Å². The number of nitrogens with zero attached hydrogens (tertiary/aromatic N) is 1. The Morgan fingerprint density at radius 3 is 2.24 bits per heavy atom. The summed E-state index contributed by atoms with van der Waals surface area (Å²) in [6.07, 6.45) is 2.11. The molecule has 4 N–H and O–H groups in total. The van der Waals surface area contributed by atoms with Gasteiger partial charge in [-0.15, -0.1) is 24.8 Å². The van der Waals surface area contributed by atoms with E-state index in [4.69, 9.17) is 15.9 Å². The van der Waals surface area contributed by atoms with Gasteiger partial charge in [0.25, 0.3) is 5.91 Å². The van der Waals surface area contributed by atoms with Gasteiger partial charge in [-0.25, -0.2) is 0 Å². The zero-order valence-electron chi connectivity index (χ0n) is 20.9. The summed E-state index contributed by atoms with van der Waals surface area (Å²) in [7, 11) is 0. The van der Waals surface area contributed by atoms with Gasteiger partial charge >= 0.3 is 0 Å². The number of likely N-dealkylation sites (tertiary alicyclic amines) is 1. The number of fused-ring (bicyclic) bond motifs is 1. The van der Waals surface area contributed by atoms with Gasteiger partial charge < -0.3 is 15.8 Å². The predicted octanol–water partition coefficient (Wildman–Crippen LogP) is 6.26. The van der Waals surface area contributed by atoms with Gasteiger partial charge in [-0.3, -0.25) is 15.1 Å². The van der Waals surface area contributed by atoms with Gasteiger partial charge in [0.15, 0.2) is 0 Å². The highest BCUT2D eigenvalue weighted by Gasteiger charge is 2.21. The molecule has 0 radical (unpaired) electrons. The number of anilines is 1. The number of carbonyl (C=O) groups is 1. The van der Waals surface area contributed by atoms with Gasteiger partial charge in [0, 0.05) is 36.4 Å². The zero-order valence-corrected chi connectivity index (χ0v) is 22.6. The second-order valence-corrected chi connectivity index (χ2v) is 9.25. The first kappa shape index (κ1) is 29.0. The maximum Gasteiger partial charge on any atom is 0.255 e. The molecule has 8 heteroatoms. The van der Waals surface area contributed by atoms with Crippen LogP contribution in [-0.4, -0.2) is 35.8 Å². The maximum absolute atomic E-state index is 12.3. The number of carbonyl (C=O) groups excluding carboxylic acids is 1. The molecular weight excluding hydrogens is 519 g/mol. The summed E-state index contributed by atoms with van der Waals surface area (Å²) in [5.41, 5.74) is 9.05. The van der Waals surface area contributed by atoms with E-state index < -0.39 is 0 Å². The Balaban J connectivity index is 0.00000200. The normalized spacial score (nSPS) is 13.7. The van der Waals surface area contributed by atoms with E-state index >= 15 is 0 Å². The molecule has 0 bridgehead atoms. The van der Waals surface area contributed by atoms with E-state index in [1.165, 1.54) is 5.56 Å². The fraction of sp³-hybridized carbons (Fsp3) is 0.200. The average molecular weight is 552 g/mol. The Labute approximate surface area is 235 Å². The fourth-order valence-electron chi connectivity index (χ4n) is 4.61. The SMILES string of the molecule is Cl.Cl.N=C(N)c1ccc2ccc(CN3CCC(Oc4ccc(NC(=O)c5ccccc5)cc4)CC3)cc2c1. The number of piperidine rings is 1. The molecule has 0 aromatic heterocycles. The van der Waals surface area contributed by atoms with Crippen molar-refractivity contribution in [1.29, 1.82) is 5.41 Å². The lowest BCUT2D eigenvalue weighted by Gasteiger charge is -2.32. The molecule has 0 saturated carbocycles. The van der Waals surface area contributed by atoms with Crippen LogP contribution >= 0.6 is 24.8 Å². The smallest absolute Gasteiger partial charge is 0.255 e. The van der Waals surface area contributed by atoms with Crippen molar-refractivity contribution in [2.24, 2.45) is 5.73 Å². The van der Waals surface area contributed by atoms with Gasteiger partial charge in [0.05, 0.1) is 0 Å². The van der Waals surface area contributed by atoms with Crippen molar-refractivity contribution in [3.63, 3.8) is 0 Å². The third-order valence-electron chi connectivity index (χ3n) is 6.61. The predicted molar refractivity (Wildman–Crippen MR) is 159 cm³/mol. The van der Waals surface area contributed by atoms with Crippen LogP contribution < -0.4 is 15.8 Å². The number of amides is 1. The number of rotatable bonds is 7. The van der Waals surface area contributed by atoms with Gasteiger partial charge in [-0.2, -0.15) is 0 Å². The number of nitrogens with one attached hydrogen (secondary N) is 2. The van der Waals surface area contributed by atoms with Crippen molar-refractivity contribution in [2.45, 2.75) is 25.5 Å². The number of halogens is 2. The number of nitrogen functional groups attached to an aromatic ring is 1. The second kappa shape index (κ2) is 13.3. The molecule has 4 aromatic rings. The molecule has 4 aromatic carbocycles. The molecule has 38 heavy (non-hydrogen) atoms. The first-order valence-electron chi connectivity index (χ1n) is 12.3. The molecule has 0 spiro atoms. The summed E-state index contributed by atoms with van der Waals surface area (Å²) in [4.78, 5) is 14.8. The van der Waals surface area contributed by atoms with E-state index in [9.17, 15) is 4.79 Å².